The Bertz CT molecular complexity index is 1290. The van der Waals surface area contributed by atoms with Gasteiger partial charge in [-0.1, -0.05) is 35.3 Å². The van der Waals surface area contributed by atoms with Crippen LogP contribution in [-0.2, 0) is 14.4 Å². The van der Waals surface area contributed by atoms with E-state index in [4.69, 9.17) is 33.1 Å². The molecular weight excluding hydrogens is 600 g/mol. The van der Waals surface area contributed by atoms with Gasteiger partial charge in [-0.05, 0) is 49.1 Å². The number of hydrogen-bond donors (Lipinski definition) is 1. The minimum absolute atomic E-state index is 0.0528. The Kier molecular flexibility index (Phi) is 11.2. The first-order valence-electron chi connectivity index (χ1n) is 13.2. The highest BCUT2D eigenvalue weighted by Gasteiger charge is 2.40. The van der Waals surface area contributed by atoms with Crippen molar-refractivity contribution in [3.05, 3.63) is 63.9 Å². The Labute approximate surface area is 251 Å². The van der Waals surface area contributed by atoms with Crippen LogP contribution < -0.4 is 0 Å². The van der Waals surface area contributed by atoms with E-state index in [0.717, 1.165) is 5.56 Å². The Morgan fingerprint density at radius 3 is 2.12 bits per heavy atom. The molecule has 2 aliphatic heterocycles. The van der Waals surface area contributed by atoms with Crippen molar-refractivity contribution in [2.24, 2.45) is 5.92 Å². The predicted octanol–water partition coefficient (Wildman–Crippen LogP) is 4.74. The summed E-state index contributed by atoms with van der Waals surface area (Å²) in [7, 11) is 1.79. The maximum absolute atomic E-state index is 13.4. The first-order valence-corrected chi connectivity index (χ1v) is 13.9. The normalized spacial score (nSPS) is 19.4. The second-order valence-corrected chi connectivity index (χ2v) is 10.9. The number of rotatable bonds is 4. The lowest BCUT2D eigenvalue weighted by Crippen LogP contribution is -2.53. The van der Waals surface area contributed by atoms with E-state index in [1.807, 2.05) is 17.0 Å². The lowest BCUT2D eigenvalue weighted by atomic mass is 9.84. The molecule has 2 atom stereocenters. The average molecular weight is 631 g/mol. The number of halogens is 5. The number of alkyl halides is 3. The number of carboxylic acids is 1. The van der Waals surface area contributed by atoms with Crippen LogP contribution in [0.4, 0.5) is 13.2 Å². The van der Waals surface area contributed by atoms with E-state index in [1.165, 1.54) is 0 Å². The molecule has 4 rings (SSSR count). The van der Waals surface area contributed by atoms with Crippen molar-refractivity contribution in [3.63, 3.8) is 0 Å². The van der Waals surface area contributed by atoms with Gasteiger partial charge in [-0.25, -0.2) is 4.79 Å². The van der Waals surface area contributed by atoms with Crippen LogP contribution in [0.3, 0.4) is 0 Å². The second-order valence-electron chi connectivity index (χ2n) is 10.1. The highest BCUT2D eigenvalue weighted by atomic mass is 35.5. The Balaban J connectivity index is 0.000000616. The van der Waals surface area contributed by atoms with Crippen LogP contribution >= 0.6 is 23.2 Å². The van der Waals surface area contributed by atoms with E-state index in [-0.39, 0.29) is 35.6 Å². The monoisotopic (exact) mass is 630 g/mol. The second kappa shape index (κ2) is 14.2. The number of carboxylic acid groups (broad SMARTS) is 1. The molecule has 1 N–H and O–H groups in total. The fourth-order valence-electron chi connectivity index (χ4n) is 5.19. The summed E-state index contributed by atoms with van der Waals surface area (Å²) in [6.07, 6.45) is -1.49. The molecule has 3 heterocycles. The maximum atomic E-state index is 13.4. The van der Waals surface area contributed by atoms with Crippen molar-refractivity contribution in [1.29, 1.82) is 0 Å². The van der Waals surface area contributed by atoms with E-state index in [0.29, 0.717) is 61.2 Å². The van der Waals surface area contributed by atoms with Gasteiger partial charge in [-0.3, -0.25) is 19.4 Å². The van der Waals surface area contributed by atoms with E-state index in [9.17, 15) is 27.6 Å². The molecule has 2 aliphatic rings. The predicted molar refractivity (Wildman–Crippen MR) is 149 cm³/mol. The van der Waals surface area contributed by atoms with E-state index < -0.39 is 12.1 Å². The zero-order valence-corrected chi connectivity index (χ0v) is 24.5. The van der Waals surface area contributed by atoms with Crippen molar-refractivity contribution in [3.8, 4) is 0 Å². The number of likely N-dealkylation sites (N-methyl/N-ethyl adjacent to an activating group) is 1. The van der Waals surface area contributed by atoms with Gasteiger partial charge in [0.2, 0.25) is 11.8 Å². The standard InChI is InChI=1S/C26H30Cl2N4O3.C2HF3O2/c1-17(33)31-12-8-18(9-13-31)25(34)32-14-10-24(30(2)26(35)23-5-3-4-11-29-23)20(16-32)19-6-7-21(27)22(28)15-19;3-2(4,5)1(6)7/h3-7,11,15,18,20,24H,8-10,12-14,16H2,1-2H3;(H,6,7). The third kappa shape index (κ3) is 8.34. The van der Waals surface area contributed by atoms with Crippen molar-refractivity contribution >= 4 is 46.9 Å². The smallest absolute Gasteiger partial charge is 0.475 e. The summed E-state index contributed by atoms with van der Waals surface area (Å²) in [4.78, 5) is 56.9. The third-order valence-electron chi connectivity index (χ3n) is 7.49. The quantitative estimate of drug-likeness (QED) is 0.523. The van der Waals surface area contributed by atoms with Crippen LogP contribution in [0.5, 0.6) is 0 Å². The fraction of sp³-hybridized carbons (Fsp3) is 0.464. The molecule has 2 unspecified atom stereocenters. The van der Waals surface area contributed by atoms with E-state index in [1.54, 1.807) is 54.2 Å². The third-order valence-corrected chi connectivity index (χ3v) is 8.23. The average Bonchev–Trinajstić information content (AvgIpc) is 2.97. The molecule has 9 nitrogen and oxygen atoms in total. The molecule has 3 amide bonds. The molecule has 0 saturated carbocycles. The maximum Gasteiger partial charge on any atom is 0.490 e. The number of hydrogen-bond acceptors (Lipinski definition) is 5. The number of aliphatic carboxylic acids is 1. The molecule has 42 heavy (non-hydrogen) atoms. The van der Waals surface area contributed by atoms with Crippen molar-refractivity contribution in [2.45, 2.75) is 44.3 Å². The van der Waals surface area contributed by atoms with Crippen LogP contribution in [0.2, 0.25) is 10.0 Å². The van der Waals surface area contributed by atoms with Gasteiger partial charge in [0.1, 0.15) is 5.69 Å². The van der Waals surface area contributed by atoms with Crippen LogP contribution in [0.1, 0.15) is 48.2 Å². The molecular formula is C28H31Cl2F3N4O5. The van der Waals surface area contributed by atoms with Crippen molar-refractivity contribution in [1.82, 2.24) is 19.7 Å². The lowest BCUT2D eigenvalue weighted by molar-refractivity contribution is -0.192. The van der Waals surface area contributed by atoms with Gasteiger partial charge < -0.3 is 19.8 Å². The molecule has 0 spiro atoms. The van der Waals surface area contributed by atoms with Gasteiger partial charge in [0.15, 0.2) is 0 Å². The van der Waals surface area contributed by atoms with Crippen LogP contribution in [-0.4, -0.2) is 93.9 Å². The molecule has 0 bridgehead atoms. The van der Waals surface area contributed by atoms with Gasteiger partial charge in [0.25, 0.3) is 5.91 Å². The van der Waals surface area contributed by atoms with Crippen LogP contribution in [0, 0.1) is 5.92 Å². The summed E-state index contributed by atoms with van der Waals surface area (Å²) < 4.78 is 31.7. The van der Waals surface area contributed by atoms with Crippen molar-refractivity contribution in [2.75, 3.05) is 33.2 Å². The van der Waals surface area contributed by atoms with Gasteiger partial charge in [0.05, 0.1) is 10.0 Å². The van der Waals surface area contributed by atoms with Gasteiger partial charge in [-0.2, -0.15) is 13.2 Å². The number of aromatic nitrogens is 1. The zero-order valence-electron chi connectivity index (χ0n) is 23.0. The highest BCUT2D eigenvalue weighted by Crippen LogP contribution is 2.35. The van der Waals surface area contributed by atoms with Crippen molar-refractivity contribution < 1.29 is 37.5 Å². The molecule has 0 aliphatic carbocycles. The van der Waals surface area contributed by atoms with Gasteiger partial charge >= 0.3 is 12.1 Å². The summed E-state index contributed by atoms with van der Waals surface area (Å²) in [5.41, 5.74) is 1.33. The molecule has 228 valence electrons. The summed E-state index contributed by atoms with van der Waals surface area (Å²) in [5.74, 6) is -2.96. The number of amides is 3. The summed E-state index contributed by atoms with van der Waals surface area (Å²) in [5, 5.41) is 8.03. The highest BCUT2D eigenvalue weighted by molar-refractivity contribution is 6.42. The molecule has 1 aromatic heterocycles. The van der Waals surface area contributed by atoms with Gasteiger partial charge in [-0.15, -0.1) is 0 Å². The first kappa shape index (κ1) is 33.1. The van der Waals surface area contributed by atoms with Crippen LogP contribution in [0.15, 0.2) is 42.6 Å². The minimum Gasteiger partial charge on any atom is -0.475 e. The number of carbonyl (C=O) groups is 4. The topological polar surface area (TPSA) is 111 Å². The van der Waals surface area contributed by atoms with Gasteiger partial charge in [0, 0.05) is 64.2 Å². The number of pyridine rings is 1. The minimum atomic E-state index is -5.08. The number of benzene rings is 1. The molecule has 2 fully saturated rings. The fourth-order valence-corrected chi connectivity index (χ4v) is 5.50. The number of nitrogens with zero attached hydrogens (tertiary/aromatic N) is 4. The Morgan fingerprint density at radius 1 is 0.976 bits per heavy atom. The van der Waals surface area contributed by atoms with Crippen LogP contribution in [0.25, 0.3) is 0 Å². The summed E-state index contributed by atoms with van der Waals surface area (Å²) >= 11 is 12.5. The first-order chi connectivity index (χ1) is 19.7. The number of carbonyl (C=O) groups excluding carboxylic acids is 3. The molecule has 1 aromatic carbocycles. The summed E-state index contributed by atoms with van der Waals surface area (Å²) in [6.45, 7) is 3.83. The Hall–Kier alpha value is -3.38. The Morgan fingerprint density at radius 2 is 1.60 bits per heavy atom. The van der Waals surface area contributed by atoms with E-state index in [2.05, 4.69) is 4.98 Å². The number of likely N-dealkylation sites (tertiary alicyclic amines) is 2. The lowest BCUT2D eigenvalue weighted by Gasteiger charge is -2.44. The zero-order chi connectivity index (χ0) is 31.2. The largest absolute Gasteiger partial charge is 0.490 e. The number of piperidine rings is 2. The van der Waals surface area contributed by atoms with E-state index >= 15 is 0 Å². The molecule has 0 radical (unpaired) electrons. The summed E-state index contributed by atoms with van der Waals surface area (Å²) in [6, 6.07) is 10.7. The SMILES string of the molecule is CC(=O)N1CCC(C(=O)N2CCC(N(C)C(=O)c3ccccn3)C(c3ccc(Cl)c(Cl)c3)C2)CC1.O=C(O)C(F)(F)F. The molecule has 2 saturated heterocycles. The molecule has 14 heteroatoms. The molecule has 2 aromatic rings.